The number of ether oxygens (including phenoxy) is 1. The fourth-order valence-corrected chi connectivity index (χ4v) is 2.94. The van der Waals surface area contributed by atoms with Gasteiger partial charge in [0.25, 0.3) is 0 Å². The topological polar surface area (TPSA) is 26.3 Å². The van der Waals surface area contributed by atoms with Gasteiger partial charge in [-0.05, 0) is 41.8 Å². The van der Waals surface area contributed by atoms with Crippen molar-refractivity contribution in [3.63, 3.8) is 0 Å². The van der Waals surface area contributed by atoms with Gasteiger partial charge in [0, 0.05) is 22.0 Å². The Morgan fingerprint density at radius 3 is 2.57 bits per heavy atom. The van der Waals surface area contributed by atoms with E-state index in [1.54, 1.807) is 7.11 Å². The molecule has 2 aromatic carbocycles. The summed E-state index contributed by atoms with van der Waals surface area (Å²) in [4.78, 5) is 12.3. The van der Waals surface area contributed by atoms with Crippen LogP contribution in [0.25, 0.3) is 11.6 Å². The third-order valence-electron chi connectivity index (χ3n) is 3.73. The predicted molar refractivity (Wildman–Crippen MR) is 88.3 cm³/mol. The second-order valence-corrected chi connectivity index (χ2v) is 5.93. The molecule has 2 aromatic rings. The summed E-state index contributed by atoms with van der Waals surface area (Å²) in [5.41, 5.74) is 3.92. The summed E-state index contributed by atoms with van der Waals surface area (Å²) >= 11 is 3.42. The summed E-state index contributed by atoms with van der Waals surface area (Å²) in [6.45, 7) is 0. The summed E-state index contributed by atoms with van der Waals surface area (Å²) in [6.07, 6.45) is 3.25. The number of allylic oxidation sites excluding steroid dienone is 1. The highest BCUT2D eigenvalue weighted by Gasteiger charge is 2.23. The molecule has 0 unspecified atom stereocenters. The molecule has 0 heterocycles. The normalized spacial score (nSPS) is 15.9. The van der Waals surface area contributed by atoms with Crippen molar-refractivity contribution >= 4 is 33.4 Å². The fraction of sp³-hybridized carbons (Fsp3) is 0.167. The number of Topliss-reactive ketones (excluding diaryl/α,β-unsaturated/α-hetero) is 1. The van der Waals surface area contributed by atoms with Crippen LogP contribution in [0.1, 0.15) is 23.1 Å². The minimum Gasteiger partial charge on any atom is -0.496 e. The van der Waals surface area contributed by atoms with Crippen LogP contribution in [0.2, 0.25) is 0 Å². The molecule has 0 aliphatic heterocycles. The molecule has 0 fully saturated rings. The number of methoxy groups -OCH3 is 1. The first-order valence-electron chi connectivity index (χ1n) is 6.86. The molecular weight excluding hydrogens is 328 g/mol. The van der Waals surface area contributed by atoms with Gasteiger partial charge in [-0.3, -0.25) is 4.79 Å². The van der Waals surface area contributed by atoms with Crippen molar-refractivity contribution in [3.8, 4) is 5.75 Å². The molecule has 0 bridgehead atoms. The van der Waals surface area contributed by atoms with Crippen LogP contribution >= 0.6 is 15.9 Å². The average molecular weight is 343 g/mol. The third kappa shape index (κ3) is 2.79. The Morgan fingerprint density at radius 1 is 1.10 bits per heavy atom. The van der Waals surface area contributed by atoms with Gasteiger partial charge in [0.2, 0.25) is 0 Å². The van der Waals surface area contributed by atoms with E-state index < -0.39 is 0 Å². The molecule has 0 N–H and O–H groups in total. The molecule has 2 nitrogen and oxygen atoms in total. The highest BCUT2D eigenvalue weighted by Crippen LogP contribution is 2.35. The van der Waals surface area contributed by atoms with Crippen LogP contribution in [0, 0.1) is 0 Å². The van der Waals surface area contributed by atoms with E-state index in [9.17, 15) is 4.79 Å². The Morgan fingerprint density at radius 2 is 1.86 bits per heavy atom. The van der Waals surface area contributed by atoms with E-state index in [1.807, 2.05) is 48.5 Å². The largest absolute Gasteiger partial charge is 0.496 e. The van der Waals surface area contributed by atoms with Crippen LogP contribution in [0.3, 0.4) is 0 Å². The molecule has 0 amide bonds. The number of ketones is 1. The van der Waals surface area contributed by atoms with E-state index in [0.717, 1.165) is 38.9 Å². The van der Waals surface area contributed by atoms with Gasteiger partial charge in [-0.15, -0.1) is 0 Å². The lowest BCUT2D eigenvalue weighted by Crippen LogP contribution is -2.13. The average Bonchev–Trinajstić information content (AvgIpc) is 2.51. The van der Waals surface area contributed by atoms with Gasteiger partial charge < -0.3 is 4.74 Å². The van der Waals surface area contributed by atoms with Gasteiger partial charge in [-0.1, -0.05) is 40.2 Å². The number of rotatable bonds is 2. The van der Waals surface area contributed by atoms with Crippen molar-refractivity contribution in [2.75, 3.05) is 7.11 Å². The van der Waals surface area contributed by atoms with Crippen molar-refractivity contribution in [2.24, 2.45) is 0 Å². The molecule has 0 saturated heterocycles. The predicted octanol–water partition coefficient (Wildman–Crippen LogP) is 4.51. The van der Waals surface area contributed by atoms with Crippen LogP contribution in [0.5, 0.6) is 5.75 Å². The van der Waals surface area contributed by atoms with Crippen molar-refractivity contribution in [3.05, 3.63) is 63.6 Å². The Balaban J connectivity index is 2.11. The van der Waals surface area contributed by atoms with Crippen molar-refractivity contribution in [2.45, 2.75) is 12.8 Å². The maximum atomic E-state index is 12.3. The van der Waals surface area contributed by atoms with E-state index >= 15 is 0 Å². The zero-order valence-corrected chi connectivity index (χ0v) is 13.3. The van der Waals surface area contributed by atoms with Crippen LogP contribution < -0.4 is 4.74 Å². The fourth-order valence-electron chi connectivity index (χ4n) is 2.67. The number of fused-ring (bicyclic) bond motifs is 1. The number of carbonyl (C=O) groups excluding carboxylic acids is 1. The molecule has 1 aliphatic carbocycles. The molecule has 1 aliphatic rings. The third-order valence-corrected chi connectivity index (χ3v) is 4.26. The first-order valence-corrected chi connectivity index (χ1v) is 7.65. The van der Waals surface area contributed by atoms with E-state index in [4.69, 9.17) is 4.74 Å². The second-order valence-electron chi connectivity index (χ2n) is 5.02. The van der Waals surface area contributed by atoms with Gasteiger partial charge >= 0.3 is 0 Å². The summed E-state index contributed by atoms with van der Waals surface area (Å²) in [6, 6.07) is 13.8. The summed E-state index contributed by atoms with van der Waals surface area (Å²) < 4.78 is 6.45. The quantitative estimate of drug-likeness (QED) is 0.750. The molecule has 3 rings (SSSR count). The van der Waals surface area contributed by atoms with E-state index in [1.165, 1.54) is 0 Å². The summed E-state index contributed by atoms with van der Waals surface area (Å²) in [5, 5.41) is 0. The number of halogens is 1. The zero-order chi connectivity index (χ0) is 14.8. The lowest BCUT2D eigenvalue weighted by molar-refractivity contribution is -0.113. The first kappa shape index (κ1) is 14.1. The molecule has 0 saturated carbocycles. The zero-order valence-electron chi connectivity index (χ0n) is 11.7. The Bertz CT molecular complexity index is 714. The SMILES string of the molecule is COc1cccc2c1CCC(=O)/C2=C/c1ccc(Br)cc1. The van der Waals surface area contributed by atoms with Crippen LogP contribution in [-0.2, 0) is 11.2 Å². The molecule has 0 spiro atoms. The van der Waals surface area contributed by atoms with E-state index in [-0.39, 0.29) is 5.78 Å². The van der Waals surface area contributed by atoms with Crippen molar-refractivity contribution in [1.29, 1.82) is 0 Å². The van der Waals surface area contributed by atoms with Gasteiger partial charge in [0.05, 0.1) is 7.11 Å². The lowest BCUT2D eigenvalue weighted by Gasteiger charge is -2.20. The van der Waals surface area contributed by atoms with Crippen molar-refractivity contribution in [1.82, 2.24) is 0 Å². The molecule has 3 heteroatoms. The lowest BCUT2D eigenvalue weighted by atomic mass is 9.85. The van der Waals surface area contributed by atoms with E-state index in [2.05, 4.69) is 15.9 Å². The van der Waals surface area contributed by atoms with Gasteiger partial charge in [0.1, 0.15) is 5.75 Å². The van der Waals surface area contributed by atoms with Crippen molar-refractivity contribution < 1.29 is 9.53 Å². The van der Waals surface area contributed by atoms with E-state index in [0.29, 0.717) is 6.42 Å². The Hall–Kier alpha value is -1.87. The van der Waals surface area contributed by atoms with Crippen LogP contribution in [0.15, 0.2) is 46.9 Å². The van der Waals surface area contributed by atoms with Crippen LogP contribution in [0.4, 0.5) is 0 Å². The maximum Gasteiger partial charge on any atom is 0.163 e. The Labute approximate surface area is 132 Å². The minimum absolute atomic E-state index is 0.193. The monoisotopic (exact) mass is 342 g/mol. The molecule has 0 atom stereocenters. The van der Waals surface area contributed by atoms with Crippen LogP contribution in [-0.4, -0.2) is 12.9 Å². The number of hydrogen-bond acceptors (Lipinski definition) is 2. The number of carbonyl (C=O) groups is 1. The standard InChI is InChI=1S/C18H15BrO2/c1-21-18-4-2-3-14-15(18)9-10-17(20)16(14)11-12-5-7-13(19)8-6-12/h2-8,11H,9-10H2,1H3/b16-11+. The highest BCUT2D eigenvalue weighted by atomic mass is 79.9. The smallest absolute Gasteiger partial charge is 0.163 e. The molecular formula is C18H15BrO2. The first-order chi connectivity index (χ1) is 10.2. The summed E-state index contributed by atoms with van der Waals surface area (Å²) in [5.74, 6) is 1.06. The molecule has 0 radical (unpaired) electrons. The second kappa shape index (κ2) is 5.86. The van der Waals surface area contributed by atoms with Gasteiger partial charge in [0.15, 0.2) is 5.78 Å². The minimum atomic E-state index is 0.193. The molecule has 0 aromatic heterocycles. The van der Waals surface area contributed by atoms with Gasteiger partial charge in [-0.2, -0.15) is 0 Å². The highest BCUT2D eigenvalue weighted by molar-refractivity contribution is 9.10. The molecule has 106 valence electrons. The summed E-state index contributed by atoms with van der Waals surface area (Å²) in [7, 11) is 1.67. The molecule has 21 heavy (non-hydrogen) atoms. The Kier molecular flexibility index (Phi) is 3.93. The number of hydrogen-bond donors (Lipinski definition) is 0. The maximum absolute atomic E-state index is 12.3. The van der Waals surface area contributed by atoms with Gasteiger partial charge in [-0.25, -0.2) is 0 Å². The number of benzene rings is 2.